The number of hydrogen-bond acceptors (Lipinski definition) is 5. The first-order valence-corrected chi connectivity index (χ1v) is 9.79. The fourth-order valence-corrected chi connectivity index (χ4v) is 3.73. The normalized spacial score (nSPS) is 16.9. The van der Waals surface area contributed by atoms with E-state index in [4.69, 9.17) is 16.4 Å². The molecule has 29 heavy (non-hydrogen) atoms. The zero-order valence-electron chi connectivity index (χ0n) is 16.3. The molecular weight excluding hydrogens is 396 g/mol. The van der Waals surface area contributed by atoms with Crippen LogP contribution < -0.4 is 5.32 Å². The van der Waals surface area contributed by atoms with Crippen LogP contribution in [0, 0.1) is 0 Å². The molecule has 1 aromatic carbocycles. The van der Waals surface area contributed by atoms with Gasteiger partial charge in [-0.2, -0.15) is 5.10 Å². The summed E-state index contributed by atoms with van der Waals surface area (Å²) in [6.45, 7) is 2.39. The fourth-order valence-electron chi connectivity index (χ4n) is 3.54. The van der Waals surface area contributed by atoms with Crippen LogP contribution in [-0.4, -0.2) is 76.8 Å². The highest BCUT2D eigenvalue weighted by Gasteiger charge is 2.32. The van der Waals surface area contributed by atoms with Crippen molar-refractivity contribution in [2.45, 2.75) is 19.1 Å². The van der Waals surface area contributed by atoms with Gasteiger partial charge < -0.3 is 15.1 Å². The van der Waals surface area contributed by atoms with E-state index in [0.29, 0.717) is 30.2 Å². The summed E-state index contributed by atoms with van der Waals surface area (Å²) in [6, 6.07) is 6.73. The van der Waals surface area contributed by atoms with Crippen molar-refractivity contribution in [1.29, 1.82) is 0 Å². The molecule has 0 spiro atoms. The number of amides is 3. The number of rotatable bonds is 4. The number of likely N-dealkylation sites (tertiary alicyclic amines) is 1. The smallest absolute Gasteiger partial charge is 0.320 e. The lowest BCUT2D eigenvalue weighted by atomic mass is 10.1. The Bertz CT molecular complexity index is 926. The van der Waals surface area contributed by atoms with Gasteiger partial charge in [0.05, 0.1) is 6.54 Å². The summed E-state index contributed by atoms with van der Waals surface area (Å²) in [5, 5.41) is 11.7. The van der Waals surface area contributed by atoms with Gasteiger partial charge in [0.25, 0.3) is 5.91 Å². The Balaban J connectivity index is 1.43. The van der Waals surface area contributed by atoms with Crippen LogP contribution in [0.1, 0.15) is 21.7 Å². The number of hydroxylamine groups is 2. The van der Waals surface area contributed by atoms with Crippen molar-refractivity contribution >= 4 is 29.2 Å². The van der Waals surface area contributed by atoms with Crippen LogP contribution in [0.25, 0.3) is 0 Å². The van der Waals surface area contributed by atoms with E-state index in [9.17, 15) is 9.59 Å². The van der Waals surface area contributed by atoms with E-state index in [1.165, 1.54) is 5.06 Å². The molecule has 3 heterocycles. The molecule has 154 valence electrons. The van der Waals surface area contributed by atoms with Crippen molar-refractivity contribution in [3.63, 3.8) is 0 Å². The molecule has 0 atom stereocenters. The van der Waals surface area contributed by atoms with E-state index in [1.54, 1.807) is 36.2 Å². The minimum Gasteiger partial charge on any atom is -0.320 e. The highest BCUT2D eigenvalue weighted by atomic mass is 35.5. The maximum Gasteiger partial charge on any atom is 0.322 e. The number of carbonyl (C=O) groups is 2. The summed E-state index contributed by atoms with van der Waals surface area (Å²) < 4.78 is 0. The number of aromatic nitrogens is 2. The molecule has 3 amide bonds. The van der Waals surface area contributed by atoms with Crippen LogP contribution >= 0.6 is 11.6 Å². The van der Waals surface area contributed by atoms with Crippen LogP contribution in [0.4, 0.5) is 10.5 Å². The number of fused-ring (bicyclic) bond motifs is 1. The lowest BCUT2D eigenvalue weighted by Gasteiger charge is -2.37. The first-order chi connectivity index (χ1) is 13.9. The Morgan fingerprint density at radius 2 is 2.17 bits per heavy atom. The van der Waals surface area contributed by atoms with Gasteiger partial charge in [-0.3, -0.25) is 14.7 Å². The second kappa shape index (κ2) is 8.02. The number of anilines is 1. The Morgan fingerprint density at radius 1 is 1.38 bits per heavy atom. The zero-order valence-corrected chi connectivity index (χ0v) is 17.1. The van der Waals surface area contributed by atoms with Crippen molar-refractivity contribution < 1.29 is 14.4 Å². The number of carbonyl (C=O) groups excluding carboxylic acids is 2. The molecule has 1 fully saturated rings. The van der Waals surface area contributed by atoms with Gasteiger partial charge in [-0.05, 0) is 25.2 Å². The summed E-state index contributed by atoms with van der Waals surface area (Å²) in [4.78, 5) is 34.9. The Morgan fingerprint density at radius 3 is 2.90 bits per heavy atom. The molecule has 10 heteroatoms. The Hall–Kier alpha value is -2.62. The number of H-pyrrole nitrogens is 1. The third-order valence-electron chi connectivity index (χ3n) is 5.12. The largest absolute Gasteiger partial charge is 0.322 e. The van der Waals surface area contributed by atoms with Crippen LogP contribution in [0.5, 0.6) is 0 Å². The maximum atomic E-state index is 12.8. The first kappa shape index (κ1) is 19.7. The number of nitrogens with zero attached hydrogens (tertiary/aromatic N) is 4. The van der Waals surface area contributed by atoms with E-state index in [1.807, 2.05) is 7.05 Å². The Kier molecular flexibility index (Phi) is 5.44. The average Bonchev–Trinajstić information content (AvgIpc) is 3.09. The monoisotopic (exact) mass is 418 g/mol. The summed E-state index contributed by atoms with van der Waals surface area (Å²) in [6.07, 6.45) is 0.597. The number of hydrogen-bond donors (Lipinski definition) is 2. The van der Waals surface area contributed by atoms with Gasteiger partial charge in [-0.25, -0.2) is 9.86 Å². The topological polar surface area (TPSA) is 93.8 Å². The number of benzene rings is 1. The van der Waals surface area contributed by atoms with Crippen molar-refractivity contribution in [1.82, 2.24) is 25.1 Å². The lowest BCUT2D eigenvalue weighted by molar-refractivity contribution is -0.186. The van der Waals surface area contributed by atoms with E-state index >= 15 is 0 Å². The Labute approximate surface area is 173 Å². The van der Waals surface area contributed by atoms with Crippen LogP contribution in [0.2, 0.25) is 5.02 Å². The molecule has 9 nitrogen and oxygen atoms in total. The summed E-state index contributed by atoms with van der Waals surface area (Å²) in [5.41, 5.74) is 2.51. The minimum absolute atomic E-state index is 0.00342. The summed E-state index contributed by atoms with van der Waals surface area (Å²) >= 11 is 5.98. The van der Waals surface area contributed by atoms with Crippen LogP contribution in [0.15, 0.2) is 24.3 Å². The molecule has 2 N–H and O–H groups in total. The third kappa shape index (κ3) is 4.21. The molecule has 0 aliphatic carbocycles. The third-order valence-corrected chi connectivity index (χ3v) is 5.36. The number of aromatic amines is 1. The minimum atomic E-state index is -0.325. The molecular formula is C19H23ClN6O3. The molecule has 0 unspecified atom stereocenters. The standard InChI is InChI=1S/C19H23ClN6O3/c1-24-9-14(10-24)29-25(2)18(27)17-15-11-26(7-6-16(15)22-23-17)19(28)21-13-5-3-4-12(20)8-13/h3-5,8,14H,6-7,9-11H2,1-2H3,(H,21,28)(H,22,23). The zero-order chi connectivity index (χ0) is 20.5. The fraction of sp³-hybridized carbons (Fsp3) is 0.421. The predicted molar refractivity (Wildman–Crippen MR) is 108 cm³/mol. The SMILES string of the molecule is CN1CC(ON(C)C(=O)c2n[nH]c3c2CN(C(=O)Nc2cccc(Cl)c2)CC3)C1. The number of likely N-dealkylation sites (N-methyl/N-ethyl adjacent to an activating group) is 1. The summed E-state index contributed by atoms with van der Waals surface area (Å²) in [7, 11) is 3.59. The summed E-state index contributed by atoms with van der Waals surface area (Å²) in [5.74, 6) is -0.325. The average molecular weight is 419 g/mol. The van der Waals surface area contributed by atoms with Crippen LogP contribution in [0.3, 0.4) is 0 Å². The molecule has 0 radical (unpaired) electrons. The van der Waals surface area contributed by atoms with Gasteiger partial charge in [0.2, 0.25) is 0 Å². The molecule has 2 aliphatic heterocycles. The van der Waals surface area contributed by atoms with Crippen molar-refractivity contribution in [3.05, 3.63) is 46.2 Å². The quantitative estimate of drug-likeness (QED) is 0.740. The first-order valence-electron chi connectivity index (χ1n) is 9.41. The maximum absolute atomic E-state index is 12.8. The second-order valence-corrected chi connectivity index (χ2v) is 7.83. The van der Waals surface area contributed by atoms with E-state index in [0.717, 1.165) is 24.3 Å². The molecule has 0 bridgehead atoms. The molecule has 2 aromatic rings. The van der Waals surface area contributed by atoms with E-state index in [2.05, 4.69) is 20.4 Å². The highest BCUT2D eigenvalue weighted by Crippen LogP contribution is 2.23. The second-order valence-electron chi connectivity index (χ2n) is 7.39. The van der Waals surface area contributed by atoms with Crippen molar-refractivity contribution in [3.8, 4) is 0 Å². The van der Waals surface area contributed by atoms with Gasteiger partial charge in [0.15, 0.2) is 5.69 Å². The van der Waals surface area contributed by atoms with Gasteiger partial charge in [0.1, 0.15) is 6.10 Å². The predicted octanol–water partition coefficient (Wildman–Crippen LogP) is 1.97. The molecule has 2 aliphatic rings. The number of urea groups is 1. The molecule has 0 saturated carbocycles. The number of nitrogens with one attached hydrogen (secondary N) is 2. The molecule has 1 saturated heterocycles. The van der Waals surface area contributed by atoms with Gasteiger partial charge in [-0.1, -0.05) is 17.7 Å². The van der Waals surface area contributed by atoms with E-state index < -0.39 is 0 Å². The van der Waals surface area contributed by atoms with E-state index in [-0.39, 0.29) is 23.7 Å². The van der Waals surface area contributed by atoms with Gasteiger partial charge in [-0.15, -0.1) is 0 Å². The molecule has 1 aromatic heterocycles. The molecule has 4 rings (SSSR count). The highest BCUT2D eigenvalue weighted by molar-refractivity contribution is 6.30. The van der Waals surface area contributed by atoms with Crippen molar-refractivity contribution in [2.24, 2.45) is 0 Å². The van der Waals surface area contributed by atoms with Gasteiger partial charge >= 0.3 is 6.03 Å². The van der Waals surface area contributed by atoms with Crippen molar-refractivity contribution in [2.75, 3.05) is 39.0 Å². The van der Waals surface area contributed by atoms with Crippen LogP contribution in [-0.2, 0) is 17.8 Å². The van der Waals surface area contributed by atoms with Gasteiger partial charge in [0, 0.05) is 55.1 Å². The lowest BCUT2D eigenvalue weighted by Crippen LogP contribution is -2.52. The number of halogens is 1.